The molecule has 0 aliphatic carbocycles. The molecule has 2 aromatic rings. The lowest BCUT2D eigenvalue weighted by atomic mass is 9.98. The first-order chi connectivity index (χ1) is 10.9. The van der Waals surface area contributed by atoms with Crippen molar-refractivity contribution in [3.8, 4) is 0 Å². The second-order valence-electron chi connectivity index (χ2n) is 5.28. The summed E-state index contributed by atoms with van der Waals surface area (Å²) in [6.07, 6.45) is 8.51. The van der Waals surface area contributed by atoms with Gasteiger partial charge in [-0.2, -0.15) is 0 Å². The number of hydrogen-bond acceptors (Lipinski definition) is 1. The number of hydrogen-bond donors (Lipinski definition) is 0. The number of rotatable bonds is 9. The van der Waals surface area contributed by atoms with Gasteiger partial charge in [0.25, 0.3) is 0 Å². The smallest absolute Gasteiger partial charge is 0.0716 e. The van der Waals surface area contributed by atoms with Crippen molar-refractivity contribution in [2.24, 2.45) is 0 Å². The Morgan fingerprint density at radius 3 is 2.32 bits per heavy atom. The normalized spacial score (nSPS) is 12.4. The van der Waals surface area contributed by atoms with Gasteiger partial charge in [-0.25, -0.2) is 0 Å². The quantitative estimate of drug-likeness (QED) is 0.437. The van der Waals surface area contributed by atoms with Crippen molar-refractivity contribution in [1.82, 2.24) is 0 Å². The van der Waals surface area contributed by atoms with Crippen molar-refractivity contribution in [1.29, 1.82) is 0 Å². The fraction of sp³-hybridized carbons (Fsp3) is 0.238. The Kier molecular flexibility index (Phi) is 7.20. The zero-order valence-corrected chi connectivity index (χ0v) is 13.0. The minimum absolute atomic E-state index is 0.298. The summed E-state index contributed by atoms with van der Waals surface area (Å²) >= 11 is 0. The number of ether oxygens (including phenoxy) is 1. The van der Waals surface area contributed by atoms with Gasteiger partial charge in [0.1, 0.15) is 0 Å². The van der Waals surface area contributed by atoms with E-state index in [1.165, 1.54) is 11.1 Å². The van der Waals surface area contributed by atoms with Crippen molar-refractivity contribution in [3.63, 3.8) is 0 Å². The molecule has 1 atom stereocenters. The first-order valence-corrected chi connectivity index (χ1v) is 7.86. The second-order valence-corrected chi connectivity index (χ2v) is 5.28. The molecule has 1 unspecified atom stereocenters. The fourth-order valence-electron chi connectivity index (χ4n) is 2.31. The van der Waals surface area contributed by atoms with Crippen LogP contribution in [0.25, 0.3) is 0 Å². The van der Waals surface area contributed by atoms with Gasteiger partial charge in [-0.05, 0) is 24.0 Å². The van der Waals surface area contributed by atoms with E-state index in [0.29, 0.717) is 12.5 Å². The molecule has 0 saturated carbocycles. The zero-order chi connectivity index (χ0) is 15.5. The van der Waals surface area contributed by atoms with Crippen LogP contribution in [0.2, 0.25) is 0 Å². The summed E-state index contributed by atoms with van der Waals surface area (Å²) < 4.78 is 5.68. The zero-order valence-electron chi connectivity index (χ0n) is 13.0. The largest absolute Gasteiger partial charge is 0.377 e. The lowest BCUT2D eigenvalue weighted by Gasteiger charge is -2.07. The van der Waals surface area contributed by atoms with E-state index in [1.54, 1.807) is 0 Å². The predicted octanol–water partition coefficient (Wildman–Crippen LogP) is 5.51. The molecule has 22 heavy (non-hydrogen) atoms. The maximum atomic E-state index is 5.68. The second kappa shape index (κ2) is 9.75. The predicted molar refractivity (Wildman–Crippen MR) is 93.9 cm³/mol. The van der Waals surface area contributed by atoms with E-state index in [1.807, 2.05) is 30.3 Å². The van der Waals surface area contributed by atoms with Gasteiger partial charge < -0.3 is 4.74 Å². The van der Waals surface area contributed by atoms with Gasteiger partial charge in [0.15, 0.2) is 0 Å². The Labute approximate surface area is 134 Å². The van der Waals surface area contributed by atoms with Gasteiger partial charge in [-0.1, -0.05) is 78.9 Å². The summed E-state index contributed by atoms with van der Waals surface area (Å²) in [6, 6.07) is 20.7. The average molecular weight is 292 g/mol. The van der Waals surface area contributed by atoms with Gasteiger partial charge in [0.05, 0.1) is 6.61 Å². The molecular formula is C21H24O. The van der Waals surface area contributed by atoms with E-state index >= 15 is 0 Å². The fourth-order valence-corrected chi connectivity index (χ4v) is 2.31. The molecule has 0 aromatic heterocycles. The summed E-state index contributed by atoms with van der Waals surface area (Å²) in [4.78, 5) is 0. The monoisotopic (exact) mass is 292 g/mol. The molecule has 1 heteroatoms. The van der Waals surface area contributed by atoms with E-state index < -0.39 is 0 Å². The average Bonchev–Trinajstić information content (AvgIpc) is 2.59. The Balaban J connectivity index is 1.64. The molecule has 0 saturated heterocycles. The molecule has 114 valence electrons. The highest BCUT2D eigenvalue weighted by Crippen LogP contribution is 2.18. The molecular weight excluding hydrogens is 268 g/mol. The molecule has 0 amide bonds. The third kappa shape index (κ3) is 5.71. The molecule has 0 aliphatic heterocycles. The Bertz CT molecular complexity index is 557. The Morgan fingerprint density at radius 2 is 1.64 bits per heavy atom. The molecule has 0 N–H and O–H groups in total. The van der Waals surface area contributed by atoms with Gasteiger partial charge in [0, 0.05) is 12.5 Å². The summed E-state index contributed by atoms with van der Waals surface area (Å²) in [5, 5.41) is 0. The molecule has 0 fully saturated rings. The maximum absolute atomic E-state index is 5.68. The lowest BCUT2D eigenvalue weighted by molar-refractivity contribution is 0.119. The number of benzene rings is 2. The van der Waals surface area contributed by atoms with Crippen LogP contribution in [0.3, 0.4) is 0 Å². The van der Waals surface area contributed by atoms with E-state index in [9.17, 15) is 0 Å². The first-order valence-electron chi connectivity index (χ1n) is 7.86. The topological polar surface area (TPSA) is 9.23 Å². The van der Waals surface area contributed by atoms with Crippen LogP contribution in [-0.4, -0.2) is 6.61 Å². The van der Waals surface area contributed by atoms with E-state index in [0.717, 1.165) is 19.4 Å². The molecule has 2 aromatic carbocycles. The van der Waals surface area contributed by atoms with Crippen LogP contribution in [0.15, 0.2) is 85.5 Å². The Morgan fingerprint density at radius 1 is 0.955 bits per heavy atom. The van der Waals surface area contributed by atoms with Crippen LogP contribution in [0.5, 0.6) is 0 Å². The molecule has 0 radical (unpaired) electrons. The number of allylic oxidation sites excluding steroid dienone is 3. The minimum Gasteiger partial charge on any atom is -0.377 e. The maximum Gasteiger partial charge on any atom is 0.0716 e. The molecule has 0 spiro atoms. The minimum atomic E-state index is 0.298. The SMILES string of the molecule is C=CC(/C=C/CCCOCc1ccccc1)c1ccccc1. The molecule has 0 bridgehead atoms. The van der Waals surface area contributed by atoms with Gasteiger partial charge in [-0.15, -0.1) is 6.58 Å². The highest BCUT2D eigenvalue weighted by molar-refractivity contribution is 5.27. The van der Waals surface area contributed by atoms with Crippen molar-refractivity contribution < 1.29 is 4.74 Å². The summed E-state index contributed by atoms with van der Waals surface area (Å²) in [6.45, 7) is 5.42. The van der Waals surface area contributed by atoms with Gasteiger partial charge in [0.2, 0.25) is 0 Å². The molecule has 2 rings (SSSR count). The van der Waals surface area contributed by atoms with Crippen molar-refractivity contribution in [2.75, 3.05) is 6.61 Å². The summed E-state index contributed by atoms with van der Waals surface area (Å²) in [5.74, 6) is 0.298. The van der Waals surface area contributed by atoms with Crippen molar-refractivity contribution >= 4 is 0 Å². The summed E-state index contributed by atoms with van der Waals surface area (Å²) in [7, 11) is 0. The van der Waals surface area contributed by atoms with Crippen molar-refractivity contribution in [2.45, 2.75) is 25.4 Å². The highest BCUT2D eigenvalue weighted by atomic mass is 16.5. The Hall–Kier alpha value is -2.12. The van der Waals surface area contributed by atoms with Gasteiger partial charge >= 0.3 is 0 Å². The third-order valence-corrected chi connectivity index (χ3v) is 3.55. The van der Waals surface area contributed by atoms with E-state index in [4.69, 9.17) is 4.74 Å². The van der Waals surface area contributed by atoms with Crippen LogP contribution >= 0.6 is 0 Å². The highest BCUT2D eigenvalue weighted by Gasteiger charge is 2.01. The van der Waals surface area contributed by atoms with Crippen LogP contribution in [0.1, 0.15) is 29.9 Å². The van der Waals surface area contributed by atoms with E-state index in [2.05, 4.69) is 55.1 Å². The van der Waals surface area contributed by atoms with Crippen LogP contribution in [0.4, 0.5) is 0 Å². The van der Waals surface area contributed by atoms with Crippen LogP contribution in [-0.2, 0) is 11.3 Å². The van der Waals surface area contributed by atoms with Crippen LogP contribution < -0.4 is 0 Å². The molecule has 1 nitrogen and oxygen atoms in total. The standard InChI is InChI=1S/C21H24O/c1-2-20(21-15-8-4-9-16-21)14-10-5-11-17-22-18-19-12-6-3-7-13-19/h2-4,6-10,12-16,20H,1,5,11,17-18H2/b14-10+. The molecule has 0 aliphatic rings. The van der Waals surface area contributed by atoms with E-state index in [-0.39, 0.29) is 0 Å². The molecule has 0 heterocycles. The first kappa shape index (κ1) is 16.3. The summed E-state index contributed by atoms with van der Waals surface area (Å²) in [5.41, 5.74) is 2.52. The third-order valence-electron chi connectivity index (χ3n) is 3.55. The lowest BCUT2D eigenvalue weighted by Crippen LogP contribution is -1.95. The van der Waals surface area contributed by atoms with Crippen molar-refractivity contribution in [3.05, 3.63) is 96.6 Å². The van der Waals surface area contributed by atoms with Crippen LogP contribution in [0, 0.1) is 0 Å². The van der Waals surface area contributed by atoms with Gasteiger partial charge in [-0.3, -0.25) is 0 Å². The number of unbranched alkanes of at least 4 members (excludes halogenated alkanes) is 1.